The molecule has 1 fully saturated rings. The summed E-state index contributed by atoms with van der Waals surface area (Å²) in [5.74, 6) is 0.520. The van der Waals surface area contributed by atoms with Crippen LogP contribution in [0.15, 0.2) is 88.8 Å². The highest BCUT2D eigenvalue weighted by atomic mass is 32.2. The van der Waals surface area contributed by atoms with Crippen molar-refractivity contribution in [3.8, 4) is 0 Å². The maximum absolute atomic E-state index is 13.0. The van der Waals surface area contributed by atoms with Crippen molar-refractivity contribution in [3.05, 3.63) is 84.6 Å². The van der Waals surface area contributed by atoms with Crippen molar-refractivity contribution in [1.29, 1.82) is 0 Å². The van der Waals surface area contributed by atoms with Crippen LogP contribution in [0.4, 0.5) is 5.82 Å². The van der Waals surface area contributed by atoms with E-state index in [0.717, 1.165) is 19.3 Å². The van der Waals surface area contributed by atoms with Gasteiger partial charge in [-0.1, -0.05) is 48.5 Å². The number of rotatable bonds is 7. The Morgan fingerprint density at radius 3 is 2.03 bits per heavy atom. The van der Waals surface area contributed by atoms with E-state index in [0.29, 0.717) is 19.0 Å². The first-order valence-corrected chi connectivity index (χ1v) is 13.3. The fourth-order valence-electron chi connectivity index (χ4n) is 3.84. The predicted octanol–water partition coefficient (Wildman–Crippen LogP) is 3.53. The van der Waals surface area contributed by atoms with E-state index in [1.54, 1.807) is 18.2 Å². The Labute approximate surface area is 189 Å². The third kappa shape index (κ3) is 5.17. The van der Waals surface area contributed by atoms with Gasteiger partial charge in [-0.3, -0.25) is 4.72 Å². The minimum Gasteiger partial charge on any atom is -0.263 e. The number of hydrogen-bond acceptors (Lipinski definition) is 5. The number of aromatic nitrogens is 1. The molecule has 0 atom stereocenters. The summed E-state index contributed by atoms with van der Waals surface area (Å²) in [4.78, 5) is 4.19. The summed E-state index contributed by atoms with van der Waals surface area (Å²) in [5, 5.41) is 0. The number of hydrogen-bond donors (Lipinski definition) is 1. The summed E-state index contributed by atoms with van der Waals surface area (Å²) >= 11 is 0. The molecule has 1 aromatic heterocycles. The Balaban J connectivity index is 1.39. The van der Waals surface area contributed by atoms with Gasteiger partial charge in [0.05, 0.1) is 4.90 Å². The third-order valence-corrected chi connectivity index (χ3v) is 8.86. The van der Waals surface area contributed by atoms with Crippen LogP contribution in [0.5, 0.6) is 0 Å². The zero-order valence-corrected chi connectivity index (χ0v) is 19.1. The number of nitrogens with zero attached hydrogens (tertiary/aromatic N) is 2. The van der Waals surface area contributed by atoms with Crippen LogP contribution >= 0.6 is 0 Å². The highest BCUT2D eigenvalue weighted by Gasteiger charge is 2.29. The van der Waals surface area contributed by atoms with Crippen LogP contribution in [0.1, 0.15) is 18.4 Å². The van der Waals surface area contributed by atoms with Crippen LogP contribution in [0, 0.1) is 5.92 Å². The number of anilines is 1. The number of sulfonamides is 2. The molecule has 1 aliphatic rings. The molecule has 1 aliphatic heterocycles. The van der Waals surface area contributed by atoms with Gasteiger partial charge in [-0.05, 0) is 55.0 Å². The van der Waals surface area contributed by atoms with E-state index < -0.39 is 20.0 Å². The molecule has 2 aromatic carbocycles. The second-order valence-electron chi connectivity index (χ2n) is 7.83. The normalized spacial score (nSPS) is 16.0. The standard InChI is InChI=1S/C23H25N3O4S2/c27-31(28,21-9-5-2-6-10-21)25-23-12-11-22(18-24-23)32(29,30)26-15-13-20(14-16-26)17-19-7-3-1-4-8-19/h1-12,18,20H,13-17H2,(H,24,25). The zero-order chi connectivity index (χ0) is 22.6. The van der Waals surface area contributed by atoms with Crippen LogP contribution in [-0.4, -0.2) is 39.2 Å². The van der Waals surface area contributed by atoms with Gasteiger partial charge in [0.2, 0.25) is 10.0 Å². The molecule has 2 heterocycles. The first-order valence-electron chi connectivity index (χ1n) is 10.4. The quantitative estimate of drug-likeness (QED) is 0.569. The fourth-order valence-corrected chi connectivity index (χ4v) is 6.28. The van der Waals surface area contributed by atoms with Crippen LogP contribution in [0.25, 0.3) is 0 Å². The van der Waals surface area contributed by atoms with Gasteiger partial charge in [0.25, 0.3) is 10.0 Å². The van der Waals surface area contributed by atoms with E-state index in [1.165, 1.54) is 40.3 Å². The lowest BCUT2D eigenvalue weighted by molar-refractivity contribution is 0.273. The Morgan fingerprint density at radius 1 is 0.812 bits per heavy atom. The van der Waals surface area contributed by atoms with Gasteiger partial charge in [0.15, 0.2) is 0 Å². The maximum atomic E-state index is 13.0. The van der Waals surface area contributed by atoms with E-state index >= 15 is 0 Å². The average molecular weight is 472 g/mol. The van der Waals surface area contributed by atoms with Crippen molar-refractivity contribution in [2.75, 3.05) is 17.8 Å². The molecule has 7 nitrogen and oxygen atoms in total. The van der Waals surface area contributed by atoms with Crippen LogP contribution in [0.2, 0.25) is 0 Å². The molecule has 1 saturated heterocycles. The lowest BCUT2D eigenvalue weighted by Crippen LogP contribution is -2.38. The molecule has 0 bridgehead atoms. The van der Waals surface area contributed by atoms with Gasteiger partial charge in [-0.25, -0.2) is 21.8 Å². The Morgan fingerprint density at radius 2 is 1.44 bits per heavy atom. The summed E-state index contributed by atoms with van der Waals surface area (Å²) in [5.41, 5.74) is 1.27. The Kier molecular flexibility index (Phi) is 6.59. The summed E-state index contributed by atoms with van der Waals surface area (Å²) in [6.07, 6.45) is 3.76. The molecule has 3 aromatic rings. The molecule has 168 valence electrons. The zero-order valence-electron chi connectivity index (χ0n) is 17.5. The second-order valence-corrected chi connectivity index (χ2v) is 11.5. The van der Waals surface area contributed by atoms with Crippen molar-refractivity contribution in [1.82, 2.24) is 9.29 Å². The lowest BCUT2D eigenvalue weighted by Gasteiger charge is -2.31. The van der Waals surface area contributed by atoms with Gasteiger partial charge in [-0.15, -0.1) is 0 Å². The van der Waals surface area contributed by atoms with Crippen molar-refractivity contribution < 1.29 is 16.8 Å². The van der Waals surface area contributed by atoms with E-state index in [2.05, 4.69) is 21.8 Å². The van der Waals surface area contributed by atoms with Crippen LogP contribution in [-0.2, 0) is 26.5 Å². The SMILES string of the molecule is O=S(=O)(Nc1ccc(S(=O)(=O)N2CCC(Cc3ccccc3)CC2)cn1)c1ccccc1. The third-order valence-electron chi connectivity index (χ3n) is 5.61. The van der Waals surface area contributed by atoms with E-state index in [-0.39, 0.29) is 15.6 Å². The molecule has 0 aliphatic carbocycles. The minimum absolute atomic E-state index is 0.0571. The molecule has 0 amide bonds. The van der Waals surface area contributed by atoms with Crippen LogP contribution < -0.4 is 4.72 Å². The molecular weight excluding hydrogens is 446 g/mol. The van der Waals surface area contributed by atoms with Gasteiger partial charge < -0.3 is 0 Å². The van der Waals surface area contributed by atoms with E-state index in [1.807, 2.05) is 18.2 Å². The smallest absolute Gasteiger partial charge is 0.263 e. The number of pyridine rings is 1. The average Bonchev–Trinajstić information content (AvgIpc) is 2.81. The van der Waals surface area contributed by atoms with Crippen molar-refractivity contribution in [2.45, 2.75) is 29.1 Å². The largest absolute Gasteiger partial charge is 0.263 e. The van der Waals surface area contributed by atoms with Gasteiger partial charge >= 0.3 is 0 Å². The molecule has 0 unspecified atom stereocenters. The predicted molar refractivity (Wildman–Crippen MR) is 123 cm³/mol. The first kappa shape index (κ1) is 22.4. The van der Waals surface area contributed by atoms with E-state index in [4.69, 9.17) is 0 Å². The monoisotopic (exact) mass is 471 g/mol. The van der Waals surface area contributed by atoms with E-state index in [9.17, 15) is 16.8 Å². The molecule has 4 rings (SSSR count). The van der Waals surface area contributed by atoms with Gasteiger partial charge in [-0.2, -0.15) is 4.31 Å². The summed E-state index contributed by atoms with van der Waals surface area (Å²) in [7, 11) is -7.46. The molecule has 32 heavy (non-hydrogen) atoms. The van der Waals surface area contributed by atoms with Crippen LogP contribution in [0.3, 0.4) is 0 Å². The molecule has 9 heteroatoms. The molecule has 0 spiro atoms. The van der Waals surface area contributed by atoms with Gasteiger partial charge in [0.1, 0.15) is 10.7 Å². The Hall–Kier alpha value is -2.75. The molecule has 0 saturated carbocycles. The molecule has 1 N–H and O–H groups in total. The second kappa shape index (κ2) is 9.40. The Bertz CT molecular complexity index is 1240. The van der Waals surface area contributed by atoms with Gasteiger partial charge in [0, 0.05) is 19.3 Å². The summed E-state index contributed by atoms with van der Waals surface area (Å²) in [6, 6.07) is 20.9. The fraction of sp³-hybridized carbons (Fsp3) is 0.261. The molecule has 0 radical (unpaired) electrons. The maximum Gasteiger partial charge on any atom is 0.263 e. The minimum atomic E-state index is -3.79. The van der Waals surface area contributed by atoms with Crippen molar-refractivity contribution in [2.24, 2.45) is 5.92 Å². The molecular formula is C23H25N3O4S2. The first-order chi connectivity index (χ1) is 15.3. The summed E-state index contributed by atoms with van der Waals surface area (Å²) < 4.78 is 54.7. The highest BCUT2D eigenvalue weighted by molar-refractivity contribution is 7.92. The lowest BCUT2D eigenvalue weighted by atomic mass is 9.91. The number of piperidine rings is 1. The summed E-state index contributed by atoms with van der Waals surface area (Å²) in [6.45, 7) is 0.921. The van der Waals surface area contributed by atoms with Crippen molar-refractivity contribution >= 4 is 25.9 Å². The highest BCUT2D eigenvalue weighted by Crippen LogP contribution is 2.26. The van der Waals surface area contributed by atoms with Crippen molar-refractivity contribution in [3.63, 3.8) is 0 Å². The topological polar surface area (TPSA) is 96.4 Å². The number of nitrogens with one attached hydrogen (secondary N) is 1. The number of benzene rings is 2.